The lowest BCUT2D eigenvalue weighted by Gasteiger charge is -2.22. The largest absolute Gasteiger partial charge is 0.393 e. The van der Waals surface area contributed by atoms with Gasteiger partial charge in [0.2, 0.25) is 0 Å². The molecule has 4 aromatic rings. The van der Waals surface area contributed by atoms with Crippen LogP contribution in [-0.4, -0.2) is 50.2 Å². The van der Waals surface area contributed by atoms with Gasteiger partial charge in [-0.25, -0.2) is 0 Å². The first-order valence-corrected chi connectivity index (χ1v) is 18.8. The minimum Gasteiger partial charge on any atom is -0.393 e. The molecule has 2 aromatic heterocycles. The minimum absolute atomic E-state index is 0.0505. The van der Waals surface area contributed by atoms with Crippen LogP contribution < -0.4 is 0 Å². The van der Waals surface area contributed by atoms with Crippen molar-refractivity contribution in [3.05, 3.63) is 124 Å². The molecule has 0 radical (unpaired) electrons. The number of aryl methyl sites for hydroxylation is 4. The number of azide groups is 1. The van der Waals surface area contributed by atoms with Crippen molar-refractivity contribution in [2.75, 3.05) is 19.4 Å². The molecule has 0 bridgehead atoms. The quantitative estimate of drug-likeness (QED) is 0.0803. The van der Waals surface area contributed by atoms with Crippen molar-refractivity contribution >= 4 is 32.8 Å². The monoisotopic (exact) mass is 663 g/mol. The maximum absolute atomic E-state index is 11.6. The Morgan fingerprint density at radius 3 is 2.47 bits per heavy atom. The third-order valence-electron chi connectivity index (χ3n) is 8.90. The van der Waals surface area contributed by atoms with Crippen LogP contribution in [0.2, 0.25) is 0 Å². The number of hydrogen-bond donors (Lipinski definition) is 2. The van der Waals surface area contributed by atoms with E-state index in [4.69, 9.17) is 9.71 Å². The topological polar surface area (TPSA) is 133 Å². The Bertz CT molecular complexity index is 1830. The van der Waals surface area contributed by atoms with Crippen molar-refractivity contribution in [1.82, 2.24) is 0 Å². The van der Waals surface area contributed by atoms with E-state index in [2.05, 4.69) is 57.9 Å². The summed E-state index contributed by atoms with van der Waals surface area (Å²) in [5, 5.41) is 27.2. The number of aliphatic hydroxyl groups excluding tert-OH is 2. The van der Waals surface area contributed by atoms with Crippen LogP contribution in [0, 0.1) is 0 Å². The third-order valence-corrected chi connectivity index (χ3v) is 11.7. The molecule has 11 heteroatoms. The summed E-state index contributed by atoms with van der Waals surface area (Å²) in [7, 11) is -3.64. The van der Waals surface area contributed by atoms with Gasteiger partial charge in [-0.3, -0.25) is 4.18 Å². The zero-order valence-corrected chi connectivity index (χ0v) is 27.6. The zero-order valence-electron chi connectivity index (χ0n) is 25.1. The van der Waals surface area contributed by atoms with Crippen LogP contribution in [0.5, 0.6) is 0 Å². The van der Waals surface area contributed by atoms with Gasteiger partial charge in [0.1, 0.15) is 0 Å². The molecule has 4 unspecified atom stereocenters. The molecule has 2 aliphatic carbocycles. The second-order valence-electron chi connectivity index (χ2n) is 12.1. The fraction of sp³-hybridized carbons (Fsp3) is 0.412. The summed E-state index contributed by atoms with van der Waals surface area (Å²) >= 11 is 3.60. The maximum Gasteiger partial charge on any atom is 0.264 e. The Hall–Kier alpha value is -3.02. The second-order valence-corrected chi connectivity index (χ2v) is 16.0. The Labute approximate surface area is 272 Å². The van der Waals surface area contributed by atoms with Crippen molar-refractivity contribution in [3.8, 4) is 0 Å². The molecule has 0 amide bonds. The molecule has 4 atom stereocenters. The Balaban J connectivity index is 1.26. The second kappa shape index (κ2) is 13.8. The van der Waals surface area contributed by atoms with E-state index in [1.807, 2.05) is 23.5 Å². The van der Waals surface area contributed by atoms with Crippen LogP contribution in [0.4, 0.5) is 0 Å². The summed E-state index contributed by atoms with van der Waals surface area (Å²) < 4.78 is 28.0. The van der Waals surface area contributed by atoms with Crippen LogP contribution in [0.25, 0.3) is 10.4 Å². The van der Waals surface area contributed by atoms with E-state index in [-0.39, 0.29) is 25.0 Å². The summed E-state index contributed by atoms with van der Waals surface area (Å²) in [6.07, 6.45) is 4.81. The van der Waals surface area contributed by atoms with Gasteiger partial charge in [-0.1, -0.05) is 47.6 Å². The molecular weight excluding hydrogens is 627 g/mol. The SMILES string of the molecule is CS(=O)(=O)OCC(O)CC1c2ccccc2CCc2sc(Cc3ccc4c(c3)CCc3sccc3C4CC(O)CN=[N+]=[N-])cc21. The first-order valence-electron chi connectivity index (χ1n) is 15.3. The van der Waals surface area contributed by atoms with Crippen LogP contribution in [0.15, 0.2) is 65.1 Å². The van der Waals surface area contributed by atoms with Gasteiger partial charge >= 0.3 is 0 Å². The van der Waals surface area contributed by atoms with Gasteiger partial charge in [0, 0.05) is 37.8 Å². The Morgan fingerprint density at radius 1 is 0.911 bits per heavy atom. The average molecular weight is 664 g/mol. The highest BCUT2D eigenvalue weighted by Gasteiger charge is 2.29. The molecule has 0 spiro atoms. The number of benzene rings is 2. The zero-order chi connectivity index (χ0) is 31.6. The minimum atomic E-state index is -3.64. The summed E-state index contributed by atoms with van der Waals surface area (Å²) in [6.45, 7) is -0.189. The lowest BCUT2D eigenvalue weighted by atomic mass is 9.84. The van der Waals surface area contributed by atoms with Crippen molar-refractivity contribution in [1.29, 1.82) is 0 Å². The molecule has 0 fully saturated rings. The van der Waals surface area contributed by atoms with E-state index < -0.39 is 22.3 Å². The number of nitrogens with zero attached hydrogens (tertiary/aromatic N) is 3. The molecule has 0 aliphatic heterocycles. The standard InChI is InChI=1S/C34H37N3O5S3/c1-45(40,41)42-20-25(39)17-31-27-5-3-2-4-22(27)7-11-34-32(31)18-26(44-34)15-21-6-9-28-23(14-21)8-10-33-29(12-13-43-33)30(28)16-24(38)19-36-37-35/h2-6,9,12-14,18,24-25,30-31,38-39H,7-8,10-11,15-17,19-20H2,1H3. The number of hydrogen-bond acceptors (Lipinski definition) is 8. The van der Waals surface area contributed by atoms with Gasteiger partial charge in [0.15, 0.2) is 0 Å². The van der Waals surface area contributed by atoms with Crippen LogP contribution in [-0.2, 0) is 46.4 Å². The maximum atomic E-state index is 11.6. The van der Waals surface area contributed by atoms with Gasteiger partial charge in [-0.05, 0) is 101 Å². The summed E-state index contributed by atoms with van der Waals surface area (Å²) in [6, 6.07) is 19.6. The fourth-order valence-electron chi connectivity index (χ4n) is 6.93. The lowest BCUT2D eigenvalue weighted by molar-refractivity contribution is 0.0998. The first kappa shape index (κ1) is 31.9. The Morgan fingerprint density at radius 2 is 1.64 bits per heavy atom. The van der Waals surface area contributed by atoms with Gasteiger partial charge < -0.3 is 10.2 Å². The molecule has 236 valence electrons. The molecule has 6 rings (SSSR count). The summed E-state index contributed by atoms with van der Waals surface area (Å²) in [4.78, 5) is 6.75. The number of aliphatic hydroxyl groups is 2. The van der Waals surface area contributed by atoms with Crippen molar-refractivity contribution < 1.29 is 22.8 Å². The van der Waals surface area contributed by atoms with Gasteiger partial charge in [-0.2, -0.15) is 8.42 Å². The number of rotatable bonds is 11. The molecule has 45 heavy (non-hydrogen) atoms. The van der Waals surface area contributed by atoms with E-state index in [9.17, 15) is 18.6 Å². The molecule has 2 aromatic carbocycles. The van der Waals surface area contributed by atoms with E-state index in [0.29, 0.717) is 12.8 Å². The van der Waals surface area contributed by atoms with Crippen molar-refractivity contribution in [2.45, 2.75) is 69.0 Å². The predicted molar refractivity (Wildman–Crippen MR) is 179 cm³/mol. The predicted octanol–water partition coefficient (Wildman–Crippen LogP) is 6.65. The first-order chi connectivity index (χ1) is 21.7. The van der Waals surface area contributed by atoms with Gasteiger partial charge in [0.05, 0.1) is 31.6 Å². The molecule has 0 saturated heterocycles. The third kappa shape index (κ3) is 7.52. The summed E-state index contributed by atoms with van der Waals surface area (Å²) in [5.41, 5.74) is 17.4. The molecule has 2 N–H and O–H groups in total. The molecule has 0 saturated carbocycles. The highest BCUT2D eigenvalue weighted by atomic mass is 32.2. The number of fused-ring (bicyclic) bond motifs is 4. The van der Waals surface area contributed by atoms with Gasteiger partial charge in [-0.15, -0.1) is 22.7 Å². The van der Waals surface area contributed by atoms with Crippen molar-refractivity contribution in [2.24, 2.45) is 5.11 Å². The highest BCUT2D eigenvalue weighted by molar-refractivity contribution is 7.85. The van der Waals surface area contributed by atoms with Crippen molar-refractivity contribution in [3.63, 3.8) is 0 Å². The smallest absolute Gasteiger partial charge is 0.264 e. The normalized spacial score (nSPS) is 18.7. The molecular formula is C34H37N3O5S3. The van der Waals surface area contributed by atoms with E-state index >= 15 is 0 Å². The Kier molecular flexibility index (Phi) is 9.77. The van der Waals surface area contributed by atoms with Crippen LogP contribution in [0.1, 0.15) is 78.3 Å². The van der Waals surface area contributed by atoms with E-state index in [1.165, 1.54) is 53.6 Å². The van der Waals surface area contributed by atoms with Crippen LogP contribution in [0.3, 0.4) is 0 Å². The van der Waals surface area contributed by atoms with E-state index in [1.54, 1.807) is 11.3 Å². The average Bonchev–Trinajstić information content (AvgIpc) is 3.58. The summed E-state index contributed by atoms with van der Waals surface area (Å²) in [5.74, 6) is 0.00361. The highest BCUT2D eigenvalue weighted by Crippen LogP contribution is 2.43. The van der Waals surface area contributed by atoms with E-state index in [0.717, 1.165) is 38.4 Å². The van der Waals surface area contributed by atoms with Crippen LogP contribution >= 0.6 is 22.7 Å². The molecule has 2 aliphatic rings. The number of thiophene rings is 2. The lowest BCUT2D eigenvalue weighted by Crippen LogP contribution is -2.21. The molecule has 8 nitrogen and oxygen atoms in total. The fourth-order valence-corrected chi connectivity index (χ4v) is 9.54. The molecule has 2 heterocycles. The van der Waals surface area contributed by atoms with Gasteiger partial charge in [0.25, 0.3) is 10.1 Å².